The molecule has 1 aromatic heterocycles. The lowest BCUT2D eigenvalue weighted by Crippen LogP contribution is -2.40. The maximum absolute atomic E-state index is 12.5. The molecule has 1 amide bonds. The molecule has 3 rings (SSSR count). The number of amides is 1. The molecule has 0 unspecified atom stereocenters. The molecule has 2 aromatic rings. The first kappa shape index (κ1) is 18.6. The summed E-state index contributed by atoms with van der Waals surface area (Å²) in [5.74, 6) is -0.0344. The van der Waals surface area contributed by atoms with Crippen LogP contribution in [0, 0.1) is 6.92 Å². The van der Waals surface area contributed by atoms with E-state index in [0.717, 1.165) is 16.8 Å². The molecule has 1 saturated heterocycles. The monoisotopic (exact) mass is 375 g/mol. The number of hydrogen-bond acceptors (Lipinski definition) is 4. The number of nitrogens with zero attached hydrogens (tertiary/aromatic N) is 2. The predicted octanol–water partition coefficient (Wildman–Crippen LogP) is 2.75. The molecule has 1 aliphatic rings. The second kappa shape index (κ2) is 6.54. The second-order valence-electron chi connectivity index (χ2n) is 7.99. The number of carbonyl (C=O) groups is 1. The minimum atomic E-state index is -3.05. The molecule has 0 saturated carbocycles. The van der Waals surface area contributed by atoms with E-state index in [2.05, 4.69) is 10.4 Å². The number of hydrogen-bond donors (Lipinski definition) is 1. The third kappa shape index (κ3) is 4.15. The molecule has 7 heteroatoms. The van der Waals surface area contributed by atoms with Crippen molar-refractivity contribution in [3.63, 3.8) is 0 Å². The number of aromatic nitrogens is 2. The number of carbonyl (C=O) groups excluding carboxylic acids is 1. The SMILES string of the molecule is Cc1ccc(-c2cc(C(=O)NC(C)(C)C)nn2[C@H]2CCS(=O)(=O)C2)cc1. The van der Waals surface area contributed by atoms with Crippen LogP contribution in [-0.4, -0.2) is 41.2 Å². The summed E-state index contributed by atoms with van der Waals surface area (Å²) in [6, 6.07) is 9.43. The molecule has 2 heterocycles. The highest BCUT2D eigenvalue weighted by atomic mass is 32.2. The molecule has 6 nitrogen and oxygen atoms in total. The summed E-state index contributed by atoms with van der Waals surface area (Å²) in [6.07, 6.45) is 0.517. The highest BCUT2D eigenvalue weighted by molar-refractivity contribution is 7.91. The van der Waals surface area contributed by atoms with E-state index < -0.39 is 9.84 Å². The van der Waals surface area contributed by atoms with E-state index in [1.54, 1.807) is 10.7 Å². The number of rotatable bonds is 3. The lowest BCUT2D eigenvalue weighted by molar-refractivity contribution is 0.0913. The van der Waals surface area contributed by atoms with Gasteiger partial charge in [0.2, 0.25) is 0 Å². The zero-order valence-corrected chi connectivity index (χ0v) is 16.4. The lowest BCUT2D eigenvalue weighted by Gasteiger charge is -2.19. The second-order valence-corrected chi connectivity index (χ2v) is 10.2. The molecule has 1 atom stereocenters. The van der Waals surface area contributed by atoms with Crippen molar-refractivity contribution in [3.8, 4) is 11.3 Å². The maximum atomic E-state index is 12.5. The zero-order chi connectivity index (χ0) is 19.1. The highest BCUT2D eigenvalue weighted by Gasteiger charge is 2.32. The van der Waals surface area contributed by atoms with Crippen molar-refractivity contribution in [1.29, 1.82) is 0 Å². The van der Waals surface area contributed by atoms with Crippen LogP contribution in [0.15, 0.2) is 30.3 Å². The van der Waals surface area contributed by atoms with Gasteiger partial charge < -0.3 is 5.32 Å². The third-order valence-electron chi connectivity index (χ3n) is 4.36. The van der Waals surface area contributed by atoms with Gasteiger partial charge in [-0.1, -0.05) is 29.8 Å². The van der Waals surface area contributed by atoms with Gasteiger partial charge in [-0.2, -0.15) is 5.10 Å². The van der Waals surface area contributed by atoms with Gasteiger partial charge in [0.25, 0.3) is 5.91 Å². The van der Waals surface area contributed by atoms with E-state index in [0.29, 0.717) is 12.1 Å². The van der Waals surface area contributed by atoms with Crippen LogP contribution in [0.3, 0.4) is 0 Å². The van der Waals surface area contributed by atoms with Gasteiger partial charge in [0.05, 0.1) is 23.2 Å². The summed E-state index contributed by atoms with van der Waals surface area (Å²) in [5, 5.41) is 7.39. The van der Waals surface area contributed by atoms with Gasteiger partial charge >= 0.3 is 0 Å². The van der Waals surface area contributed by atoms with Crippen molar-refractivity contribution in [2.75, 3.05) is 11.5 Å². The summed E-state index contributed by atoms with van der Waals surface area (Å²) in [4.78, 5) is 12.5. The molecule has 1 aromatic carbocycles. The molecule has 1 N–H and O–H groups in total. The molecule has 140 valence electrons. The van der Waals surface area contributed by atoms with E-state index in [9.17, 15) is 13.2 Å². The number of benzene rings is 1. The van der Waals surface area contributed by atoms with Crippen LogP contribution >= 0.6 is 0 Å². The molecule has 1 fully saturated rings. The quantitative estimate of drug-likeness (QED) is 0.894. The first-order valence-electron chi connectivity index (χ1n) is 8.74. The molecule has 1 aliphatic heterocycles. The van der Waals surface area contributed by atoms with Gasteiger partial charge in [0.1, 0.15) is 0 Å². The smallest absolute Gasteiger partial charge is 0.272 e. The van der Waals surface area contributed by atoms with E-state index in [4.69, 9.17) is 0 Å². The number of aryl methyl sites for hydroxylation is 1. The van der Waals surface area contributed by atoms with Crippen LogP contribution in [0.2, 0.25) is 0 Å². The standard InChI is InChI=1S/C19H25N3O3S/c1-13-5-7-14(8-6-13)17-11-16(18(23)20-19(2,3)4)21-22(17)15-9-10-26(24,25)12-15/h5-8,11,15H,9-10,12H2,1-4H3,(H,20,23)/t15-/m0/s1. The summed E-state index contributed by atoms with van der Waals surface area (Å²) in [6.45, 7) is 7.73. The minimum absolute atomic E-state index is 0.0634. The number of nitrogens with one attached hydrogen (secondary N) is 1. The Morgan fingerprint density at radius 2 is 1.88 bits per heavy atom. The first-order valence-corrected chi connectivity index (χ1v) is 10.6. The van der Waals surface area contributed by atoms with Crippen LogP contribution in [0.1, 0.15) is 49.3 Å². The van der Waals surface area contributed by atoms with Crippen LogP contribution in [0.4, 0.5) is 0 Å². The highest BCUT2D eigenvalue weighted by Crippen LogP contribution is 2.30. The molecule has 0 spiro atoms. The summed E-state index contributed by atoms with van der Waals surface area (Å²) >= 11 is 0. The van der Waals surface area contributed by atoms with Crippen molar-refractivity contribution in [3.05, 3.63) is 41.6 Å². The Morgan fingerprint density at radius 1 is 1.23 bits per heavy atom. The van der Waals surface area contributed by atoms with Gasteiger partial charge in [-0.15, -0.1) is 0 Å². The van der Waals surface area contributed by atoms with E-state index in [1.165, 1.54) is 0 Å². The Kier molecular flexibility index (Phi) is 4.69. The topological polar surface area (TPSA) is 81.1 Å². The Bertz CT molecular complexity index is 922. The van der Waals surface area contributed by atoms with E-state index in [-0.39, 0.29) is 29.0 Å². The Morgan fingerprint density at radius 3 is 2.42 bits per heavy atom. The molecule has 26 heavy (non-hydrogen) atoms. The summed E-state index contributed by atoms with van der Waals surface area (Å²) in [5.41, 5.74) is 2.75. The largest absolute Gasteiger partial charge is 0.346 e. The Balaban J connectivity index is 2.03. The Labute approximate surface area is 154 Å². The van der Waals surface area contributed by atoms with E-state index >= 15 is 0 Å². The summed E-state index contributed by atoms with van der Waals surface area (Å²) < 4.78 is 25.5. The molecule has 0 radical (unpaired) electrons. The normalized spacial score (nSPS) is 19.5. The molecular formula is C19H25N3O3S. The molecule has 0 aliphatic carbocycles. The van der Waals surface area contributed by atoms with E-state index in [1.807, 2.05) is 52.0 Å². The van der Waals surface area contributed by atoms with Gasteiger partial charge in [-0.25, -0.2) is 8.42 Å². The van der Waals surface area contributed by atoms with Crippen LogP contribution in [-0.2, 0) is 9.84 Å². The van der Waals surface area contributed by atoms with Gasteiger partial charge in [0, 0.05) is 5.54 Å². The van der Waals surface area contributed by atoms with Crippen LogP contribution in [0.25, 0.3) is 11.3 Å². The fourth-order valence-corrected chi connectivity index (χ4v) is 4.79. The van der Waals surface area contributed by atoms with Crippen molar-refractivity contribution in [1.82, 2.24) is 15.1 Å². The van der Waals surface area contributed by atoms with Crippen molar-refractivity contribution >= 4 is 15.7 Å². The van der Waals surface area contributed by atoms with Gasteiger partial charge in [-0.05, 0) is 45.7 Å². The molecular weight excluding hydrogens is 350 g/mol. The van der Waals surface area contributed by atoms with Gasteiger partial charge in [-0.3, -0.25) is 9.48 Å². The van der Waals surface area contributed by atoms with Gasteiger partial charge in [0.15, 0.2) is 15.5 Å². The maximum Gasteiger partial charge on any atom is 0.272 e. The minimum Gasteiger partial charge on any atom is -0.346 e. The van der Waals surface area contributed by atoms with Crippen molar-refractivity contribution in [2.45, 2.75) is 45.7 Å². The number of sulfone groups is 1. The third-order valence-corrected chi connectivity index (χ3v) is 6.11. The van der Waals surface area contributed by atoms with Crippen LogP contribution < -0.4 is 5.32 Å². The zero-order valence-electron chi connectivity index (χ0n) is 15.6. The summed E-state index contributed by atoms with van der Waals surface area (Å²) in [7, 11) is -3.05. The predicted molar refractivity (Wildman–Crippen MR) is 102 cm³/mol. The average Bonchev–Trinajstić information content (AvgIpc) is 3.10. The first-order chi connectivity index (χ1) is 12.0. The van der Waals surface area contributed by atoms with Crippen molar-refractivity contribution in [2.24, 2.45) is 0 Å². The van der Waals surface area contributed by atoms with Crippen LogP contribution in [0.5, 0.6) is 0 Å². The molecule has 0 bridgehead atoms. The average molecular weight is 375 g/mol. The Hall–Kier alpha value is -2.15. The fourth-order valence-electron chi connectivity index (χ4n) is 3.10. The van der Waals surface area contributed by atoms with Crippen molar-refractivity contribution < 1.29 is 13.2 Å². The fraction of sp³-hybridized carbons (Fsp3) is 0.474. The lowest BCUT2D eigenvalue weighted by atomic mass is 10.1.